The predicted octanol–water partition coefficient (Wildman–Crippen LogP) is 3.00. The number of carbonyl (C=O) groups excluding carboxylic acids is 1. The van der Waals surface area contributed by atoms with Crippen LogP contribution in [0.2, 0.25) is 0 Å². The summed E-state index contributed by atoms with van der Waals surface area (Å²) in [5.74, 6) is -0.0334. The van der Waals surface area contributed by atoms with Crippen LogP contribution in [0.1, 0.15) is 31.7 Å². The van der Waals surface area contributed by atoms with Crippen LogP contribution in [-0.2, 0) is 11.2 Å². The highest BCUT2D eigenvalue weighted by Gasteiger charge is 2.12. The molecule has 0 atom stereocenters. The molecule has 0 bridgehead atoms. The quantitative estimate of drug-likeness (QED) is 0.463. The summed E-state index contributed by atoms with van der Waals surface area (Å²) in [6.07, 6.45) is 2.11. The largest absolute Gasteiger partial charge is 0.423 e. The Labute approximate surface area is 120 Å². The van der Waals surface area contributed by atoms with Gasteiger partial charge in [-0.1, -0.05) is 13.3 Å². The van der Waals surface area contributed by atoms with Crippen molar-refractivity contribution in [2.45, 2.75) is 32.6 Å². The zero-order valence-electron chi connectivity index (χ0n) is 11.6. The smallest absolute Gasteiger partial charge is 0.339 e. The van der Waals surface area contributed by atoms with Crippen molar-refractivity contribution >= 4 is 22.4 Å². The first kappa shape index (κ1) is 14.9. The van der Waals surface area contributed by atoms with Crippen LogP contribution in [0.25, 0.3) is 11.0 Å². The number of nitrogens with zero attached hydrogens (tertiary/aromatic N) is 1. The van der Waals surface area contributed by atoms with E-state index in [0.717, 1.165) is 12.8 Å². The van der Waals surface area contributed by atoms with Crippen LogP contribution in [0, 0.1) is 10.1 Å². The molecule has 1 aromatic carbocycles. The number of nitro groups is 1. The summed E-state index contributed by atoms with van der Waals surface area (Å²) in [5, 5.41) is 11.2. The summed E-state index contributed by atoms with van der Waals surface area (Å²) in [4.78, 5) is 33.8. The highest BCUT2D eigenvalue weighted by Crippen LogP contribution is 2.20. The maximum atomic E-state index is 11.8. The summed E-state index contributed by atoms with van der Waals surface area (Å²) in [6.45, 7) is 1.98. The number of non-ortho nitro benzene ring substituents is 1. The van der Waals surface area contributed by atoms with Crippen molar-refractivity contribution in [2.24, 2.45) is 0 Å². The van der Waals surface area contributed by atoms with E-state index in [-0.39, 0.29) is 29.0 Å². The van der Waals surface area contributed by atoms with Gasteiger partial charge in [0.05, 0.1) is 4.92 Å². The minimum Gasteiger partial charge on any atom is -0.423 e. The summed E-state index contributed by atoms with van der Waals surface area (Å²) in [7, 11) is 0. The molecule has 0 fully saturated rings. The van der Waals surface area contributed by atoms with Gasteiger partial charge in [0.2, 0.25) is 0 Å². The minimum absolute atomic E-state index is 0.000958. The topological polar surface area (TPSA) is 90.4 Å². The van der Waals surface area contributed by atoms with E-state index in [1.165, 1.54) is 24.3 Å². The molecule has 0 unspecified atom stereocenters. The summed E-state index contributed by atoms with van der Waals surface area (Å²) in [6, 6.07) is 5.49. The van der Waals surface area contributed by atoms with E-state index in [0.29, 0.717) is 11.8 Å². The van der Waals surface area contributed by atoms with Crippen LogP contribution in [-0.4, -0.2) is 10.7 Å². The Balaban J connectivity index is 2.35. The van der Waals surface area contributed by atoms with Crippen LogP contribution < -0.4 is 5.63 Å². The molecular formula is C15H15NO5. The third-order valence-corrected chi connectivity index (χ3v) is 3.20. The van der Waals surface area contributed by atoms with Crippen LogP contribution >= 0.6 is 0 Å². The number of nitro benzene ring substituents is 1. The number of hydrogen-bond donors (Lipinski definition) is 0. The van der Waals surface area contributed by atoms with E-state index >= 15 is 0 Å². The Morgan fingerprint density at radius 3 is 2.76 bits per heavy atom. The molecule has 0 N–H and O–H groups in total. The molecule has 1 aromatic heterocycles. The maximum absolute atomic E-state index is 11.8. The third kappa shape index (κ3) is 3.53. The zero-order valence-corrected chi connectivity index (χ0v) is 11.6. The molecule has 6 nitrogen and oxygen atoms in total. The number of ketones is 1. The van der Waals surface area contributed by atoms with Crippen molar-refractivity contribution in [3.05, 3.63) is 50.4 Å². The molecule has 0 aliphatic rings. The first-order chi connectivity index (χ1) is 10.0. The first-order valence-corrected chi connectivity index (χ1v) is 6.74. The average Bonchev–Trinajstić information content (AvgIpc) is 2.45. The van der Waals surface area contributed by atoms with E-state index in [2.05, 4.69) is 0 Å². The number of fused-ring (bicyclic) bond motifs is 1. The van der Waals surface area contributed by atoms with Crippen LogP contribution in [0.3, 0.4) is 0 Å². The molecule has 21 heavy (non-hydrogen) atoms. The molecule has 0 amide bonds. The van der Waals surface area contributed by atoms with Gasteiger partial charge in [0.25, 0.3) is 5.69 Å². The van der Waals surface area contributed by atoms with Gasteiger partial charge in [-0.3, -0.25) is 14.9 Å². The normalized spacial score (nSPS) is 10.7. The van der Waals surface area contributed by atoms with Gasteiger partial charge >= 0.3 is 5.63 Å². The Morgan fingerprint density at radius 2 is 2.10 bits per heavy atom. The Hall–Kier alpha value is -2.50. The highest BCUT2D eigenvalue weighted by molar-refractivity contribution is 5.83. The third-order valence-electron chi connectivity index (χ3n) is 3.20. The van der Waals surface area contributed by atoms with Crippen LogP contribution in [0.4, 0.5) is 5.69 Å². The molecule has 6 heteroatoms. The summed E-state index contributed by atoms with van der Waals surface area (Å²) >= 11 is 0. The zero-order chi connectivity index (χ0) is 15.4. The van der Waals surface area contributed by atoms with Crippen molar-refractivity contribution in [2.75, 3.05) is 0 Å². The molecule has 1 heterocycles. The van der Waals surface area contributed by atoms with Crippen molar-refractivity contribution in [3.8, 4) is 0 Å². The lowest BCUT2D eigenvalue weighted by molar-refractivity contribution is -0.384. The van der Waals surface area contributed by atoms with E-state index in [1.54, 1.807) is 0 Å². The maximum Gasteiger partial charge on any atom is 0.339 e. The van der Waals surface area contributed by atoms with Crippen LogP contribution in [0.5, 0.6) is 0 Å². The fourth-order valence-corrected chi connectivity index (χ4v) is 2.07. The van der Waals surface area contributed by atoms with Gasteiger partial charge in [0.1, 0.15) is 11.4 Å². The number of unbranched alkanes of at least 4 members (excludes halogenated alkanes) is 1. The fraction of sp³-hybridized carbons (Fsp3) is 0.333. The standard InChI is InChI=1S/C15H15NO5/c1-2-3-4-13(17)9-11-7-10-8-12(16(19)20)5-6-14(10)21-15(11)18/h5-8H,2-4,9H2,1H3. The van der Waals surface area contributed by atoms with Crippen molar-refractivity contribution in [1.29, 1.82) is 0 Å². The van der Waals surface area contributed by atoms with Crippen molar-refractivity contribution in [3.63, 3.8) is 0 Å². The van der Waals surface area contributed by atoms with E-state index in [1.807, 2.05) is 6.92 Å². The average molecular weight is 289 g/mol. The molecule has 0 radical (unpaired) electrons. The molecule has 2 rings (SSSR count). The van der Waals surface area contributed by atoms with Gasteiger partial charge in [-0.05, 0) is 18.6 Å². The Morgan fingerprint density at radius 1 is 1.33 bits per heavy atom. The second-order valence-corrected chi connectivity index (χ2v) is 4.86. The predicted molar refractivity (Wildman–Crippen MR) is 77.4 cm³/mol. The lowest BCUT2D eigenvalue weighted by Crippen LogP contribution is -2.12. The minimum atomic E-state index is -0.568. The van der Waals surface area contributed by atoms with E-state index in [4.69, 9.17) is 4.42 Å². The van der Waals surface area contributed by atoms with Crippen molar-refractivity contribution < 1.29 is 14.1 Å². The second kappa shape index (κ2) is 6.30. The summed E-state index contributed by atoms with van der Waals surface area (Å²) < 4.78 is 5.10. The second-order valence-electron chi connectivity index (χ2n) is 4.86. The van der Waals surface area contributed by atoms with Crippen LogP contribution in [0.15, 0.2) is 33.5 Å². The summed E-state index contributed by atoms with van der Waals surface area (Å²) in [5.41, 5.74) is -0.139. The lowest BCUT2D eigenvalue weighted by Gasteiger charge is -2.02. The Kier molecular flexibility index (Phi) is 4.47. The number of benzene rings is 1. The molecule has 0 aliphatic heterocycles. The first-order valence-electron chi connectivity index (χ1n) is 6.74. The van der Waals surface area contributed by atoms with Gasteiger partial charge in [-0.15, -0.1) is 0 Å². The molecule has 0 saturated carbocycles. The van der Waals surface area contributed by atoms with E-state index < -0.39 is 10.5 Å². The fourth-order valence-electron chi connectivity index (χ4n) is 2.07. The Bertz CT molecular complexity index is 747. The molecule has 0 saturated heterocycles. The van der Waals surface area contributed by atoms with Gasteiger partial charge < -0.3 is 4.42 Å². The molecule has 0 aliphatic carbocycles. The molecule has 110 valence electrons. The SMILES string of the molecule is CCCCC(=O)Cc1cc2cc([N+](=O)[O-])ccc2oc1=O. The van der Waals surface area contributed by atoms with Gasteiger partial charge in [0.15, 0.2) is 0 Å². The highest BCUT2D eigenvalue weighted by atomic mass is 16.6. The number of hydrogen-bond acceptors (Lipinski definition) is 5. The van der Waals surface area contributed by atoms with Gasteiger partial charge in [-0.2, -0.15) is 0 Å². The molecule has 0 spiro atoms. The molecular weight excluding hydrogens is 274 g/mol. The number of carbonyl (C=O) groups is 1. The van der Waals surface area contributed by atoms with E-state index in [9.17, 15) is 19.7 Å². The monoisotopic (exact) mass is 289 g/mol. The number of Topliss-reactive ketones (excluding diaryl/α,β-unsaturated/α-hetero) is 1. The van der Waals surface area contributed by atoms with Gasteiger partial charge in [0, 0.05) is 35.9 Å². The number of rotatable bonds is 6. The lowest BCUT2D eigenvalue weighted by atomic mass is 10.1. The molecule has 2 aromatic rings. The van der Waals surface area contributed by atoms with Crippen molar-refractivity contribution in [1.82, 2.24) is 0 Å². The van der Waals surface area contributed by atoms with Gasteiger partial charge in [-0.25, -0.2) is 4.79 Å².